The summed E-state index contributed by atoms with van der Waals surface area (Å²) in [7, 11) is -3.69. The third-order valence-electron chi connectivity index (χ3n) is 3.21. The van der Waals surface area contributed by atoms with Crippen molar-refractivity contribution in [2.75, 3.05) is 5.73 Å². The molecule has 112 valence electrons. The lowest BCUT2D eigenvalue weighted by molar-refractivity contribution is 0.567. The second-order valence-corrected chi connectivity index (χ2v) is 6.98. The van der Waals surface area contributed by atoms with Gasteiger partial charge in [-0.15, -0.1) is 0 Å². The maximum absolute atomic E-state index is 12.5. The second-order valence-electron chi connectivity index (χ2n) is 4.89. The predicted octanol–water partition coefficient (Wildman–Crippen LogP) is 3.27. The minimum absolute atomic E-state index is 0.130. The van der Waals surface area contributed by atoms with Crippen LogP contribution in [-0.2, 0) is 10.0 Å². The zero-order chi connectivity index (χ0) is 15.6. The Balaban J connectivity index is 2.31. The molecule has 0 aromatic heterocycles. The Bertz CT molecular complexity index is 723. The van der Waals surface area contributed by atoms with Gasteiger partial charge in [-0.3, -0.25) is 0 Å². The fourth-order valence-corrected chi connectivity index (χ4v) is 3.87. The first kappa shape index (κ1) is 15.8. The van der Waals surface area contributed by atoms with E-state index in [1.54, 1.807) is 56.3 Å². The normalized spacial score (nSPS) is 13.1. The van der Waals surface area contributed by atoms with Gasteiger partial charge in [0.1, 0.15) is 4.90 Å². The van der Waals surface area contributed by atoms with Crippen molar-refractivity contribution < 1.29 is 8.42 Å². The highest BCUT2D eigenvalue weighted by molar-refractivity contribution is 7.89. The summed E-state index contributed by atoms with van der Waals surface area (Å²) in [5.41, 5.74) is 7.49. The average molecular weight is 325 g/mol. The molecule has 21 heavy (non-hydrogen) atoms. The van der Waals surface area contributed by atoms with E-state index in [-0.39, 0.29) is 16.6 Å². The standard InChI is InChI=1S/C15H17ClN2O2S/c1-10-4-3-5-14(17)15(10)21(19,20)18-11(2)12-6-8-13(16)9-7-12/h3-9,11,18H,17H2,1-2H3. The molecule has 0 aliphatic carbocycles. The fraction of sp³-hybridized carbons (Fsp3) is 0.200. The Morgan fingerprint density at radius 3 is 2.33 bits per heavy atom. The summed E-state index contributed by atoms with van der Waals surface area (Å²) in [5, 5.41) is 0.608. The molecule has 6 heteroatoms. The zero-order valence-corrected chi connectivity index (χ0v) is 13.4. The summed E-state index contributed by atoms with van der Waals surface area (Å²) in [5.74, 6) is 0. The van der Waals surface area contributed by atoms with Gasteiger partial charge < -0.3 is 5.73 Å². The molecule has 4 nitrogen and oxygen atoms in total. The van der Waals surface area contributed by atoms with Crippen molar-refractivity contribution in [3.8, 4) is 0 Å². The first-order valence-corrected chi connectivity index (χ1v) is 8.30. The predicted molar refractivity (Wildman–Crippen MR) is 85.8 cm³/mol. The smallest absolute Gasteiger partial charge is 0.243 e. The SMILES string of the molecule is Cc1cccc(N)c1S(=O)(=O)NC(C)c1ccc(Cl)cc1. The maximum atomic E-state index is 12.5. The first-order valence-electron chi connectivity index (χ1n) is 6.44. The third kappa shape index (κ3) is 3.56. The number of nitrogen functional groups attached to an aromatic ring is 1. The molecule has 3 N–H and O–H groups in total. The van der Waals surface area contributed by atoms with Crippen LogP contribution in [-0.4, -0.2) is 8.42 Å². The van der Waals surface area contributed by atoms with Crippen LogP contribution < -0.4 is 10.5 Å². The van der Waals surface area contributed by atoms with Crippen molar-refractivity contribution >= 4 is 27.3 Å². The van der Waals surface area contributed by atoms with Gasteiger partial charge in [-0.2, -0.15) is 0 Å². The highest BCUT2D eigenvalue weighted by atomic mass is 35.5. The van der Waals surface area contributed by atoms with E-state index in [1.807, 2.05) is 0 Å². The van der Waals surface area contributed by atoms with E-state index < -0.39 is 10.0 Å². The highest BCUT2D eigenvalue weighted by Crippen LogP contribution is 2.25. The van der Waals surface area contributed by atoms with Crippen molar-refractivity contribution in [2.24, 2.45) is 0 Å². The summed E-state index contributed by atoms with van der Waals surface area (Å²) in [6.07, 6.45) is 0. The molecule has 0 aliphatic heterocycles. The van der Waals surface area contributed by atoms with Gasteiger partial charge in [-0.1, -0.05) is 35.9 Å². The number of nitrogens with one attached hydrogen (secondary N) is 1. The number of anilines is 1. The maximum Gasteiger partial charge on any atom is 0.243 e. The van der Waals surface area contributed by atoms with Crippen molar-refractivity contribution in [1.82, 2.24) is 4.72 Å². The summed E-state index contributed by atoms with van der Waals surface area (Å²) in [4.78, 5) is 0.130. The van der Waals surface area contributed by atoms with Crippen LogP contribution in [0.25, 0.3) is 0 Å². The van der Waals surface area contributed by atoms with Crippen LogP contribution in [0.5, 0.6) is 0 Å². The quantitative estimate of drug-likeness (QED) is 0.848. The van der Waals surface area contributed by atoms with Crippen LogP contribution in [0.3, 0.4) is 0 Å². The molecule has 0 bridgehead atoms. The monoisotopic (exact) mass is 324 g/mol. The summed E-state index contributed by atoms with van der Waals surface area (Å²) in [6.45, 7) is 3.49. The van der Waals surface area contributed by atoms with Crippen LogP contribution in [0.1, 0.15) is 24.1 Å². The van der Waals surface area contributed by atoms with E-state index in [0.29, 0.717) is 10.6 Å². The Morgan fingerprint density at radius 1 is 1.14 bits per heavy atom. The summed E-state index contributed by atoms with van der Waals surface area (Å²) < 4.78 is 27.7. The molecule has 0 saturated carbocycles. The highest BCUT2D eigenvalue weighted by Gasteiger charge is 2.22. The fourth-order valence-electron chi connectivity index (χ4n) is 2.15. The van der Waals surface area contributed by atoms with Gasteiger partial charge in [0, 0.05) is 11.1 Å². The number of sulfonamides is 1. The largest absolute Gasteiger partial charge is 0.398 e. The molecule has 0 spiro atoms. The van der Waals surface area contributed by atoms with Crippen LogP contribution >= 0.6 is 11.6 Å². The van der Waals surface area contributed by atoms with E-state index in [2.05, 4.69) is 4.72 Å². The molecule has 2 aromatic rings. The van der Waals surface area contributed by atoms with Crippen LogP contribution in [0.2, 0.25) is 5.02 Å². The van der Waals surface area contributed by atoms with E-state index in [1.165, 1.54) is 0 Å². The molecule has 0 amide bonds. The van der Waals surface area contributed by atoms with Gasteiger partial charge in [0.2, 0.25) is 10.0 Å². The number of halogens is 1. The Labute approximate surface area is 130 Å². The van der Waals surface area contributed by atoms with E-state index in [0.717, 1.165) is 5.56 Å². The van der Waals surface area contributed by atoms with Gasteiger partial charge in [-0.05, 0) is 43.2 Å². The third-order valence-corrected chi connectivity index (χ3v) is 5.22. The molecule has 1 atom stereocenters. The van der Waals surface area contributed by atoms with Crippen molar-refractivity contribution in [1.29, 1.82) is 0 Å². The minimum atomic E-state index is -3.69. The molecule has 0 fully saturated rings. The van der Waals surface area contributed by atoms with Crippen LogP contribution in [0, 0.1) is 6.92 Å². The van der Waals surface area contributed by atoms with Gasteiger partial charge in [-0.25, -0.2) is 13.1 Å². The minimum Gasteiger partial charge on any atom is -0.398 e. The molecule has 2 aromatic carbocycles. The van der Waals surface area contributed by atoms with Crippen LogP contribution in [0.4, 0.5) is 5.69 Å². The van der Waals surface area contributed by atoms with Crippen molar-refractivity contribution in [3.63, 3.8) is 0 Å². The van der Waals surface area contributed by atoms with Crippen molar-refractivity contribution in [2.45, 2.75) is 24.8 Å². The number of hydrogen-bond donors (Lipinski definition) is 2. The van der Waals surface area contributed by atoms with E-state index in [4.69, 9.17) is 17.3 Å². The van der Waals surface area contributed by atoms with Gasteiger partial charge >= 0.3 is 0 Å². The summed E-state index contributed by atoms with van der Waals surface area (Å²) >= 11 is 5.83. The van der Waals surface area contributed by atoms with Gasteiger partial charge in [0.15, 0.2) is 0 Å². The zero-order valence-electron chi connectivity index (χ0n) is 11.8. The Morgan fingerprint density at radius 2 is 1.76 bits per heavy atom. The van der Waals surface area contributed by atoms with Crippen LogP contribution in [0.15, 0.2) is 47.4 Å². The van der Waals surface area contributed by atoms with Gasteiger partial charge in [0.25, 0.3) is 0 Å². The van der Waals surface area contributed by atoms with Crippen molar-refractivity contribution in [3.05, 3.63) is 58.6 Å². The molecular formula is C15H17ClN2O2S. The molecular weight excluding hydrogens is 308 g/mol. The van der Waals surface area contributed by atoms with Gasteiger partial charge in [0.05, 0.1) is 5.69 Å². The molecule has 0 heterocycles. The Kier molecular flexibility index (Phi) is 4.56. The first-order chi connectivity index (χ1) is 9.81. The second kappa shape index (κ2) is 6.05. The Hall–Kier alpha value is -1.56. The molecule has 0 radical (unpaired) electrons. The number of nitrogens with two attached hydrogens (primary N) is 1. The topological polar surface area (TPSA) is 72.2 Å². The number of hydrogen-bond acceptors (Lipinski definition) is 3. The van der Waals surface area contributed by atoms with E-state index >= 15 is 0 Å². The molecule has 0 saturated heterocycles. The lowest BCUT2D eigenvalue weighted by Gasteiger charge is -2.17. The lowest BCUT2D eigenvalue weighted by Crippen LogP contribution is -2.28. The summed E-state index contributed by atoms with van der Waals surface area (Å²) in [6, 6.07) is 11.7. The number of rotatable bonds is 4. The number of benzene rings is 2. The molecule has 0 aliphatic rings. The van der Waals surface area contributed by atoms with E-state index in [9.17, 15) is 8.42 Å². The lowest BCUT2D eigenvalue weighted by atomic mass is 10.1. The molecule has 2 rings (SSSR count). The average Bonchev–Trinajstić information content (AvgIpc) is 2.38. The number of aryl methyl sites for hydroxylation is 1. The molecule has 1 unspecified atom stereocenters.